The monoisotopic (exact) mass is 303 g/mol. The summed E-state index contributed by atoms with van der Waals surface area (Å²) in [7, 11) is 0. The first-order valence-corrected chi connectivity index (χ1v) is 7.23. The van der Waals surface area contributed by atoms with Crippen LogP contribution in [0.15, 0.2) is 24.5 Å². The molecule has 0 amide bonds. The van der Waals surface area contributed by atoms with E-state index < -0.39 is 12.0 Å². The molecule has 1 atom stereocenters. The molecule has 3 heterocycles. The van der Waals surface area contributed by atoms with E-state index in [4.69, 9.17) is 10.5 Å². The van der Waals surface area contributed by atoms with Crippen LogP contribution >= 0.6 is 0 Å². The van der Waals surface area contributed by atoms with Gasteiger partial charge in [-0.05, 0) is 38.5 Å². The van der Waals surface area contributed by atoms with Gasteiger partial charge in [-0.25, -0.2) is 14.4 Å². The SMILES string of the molecule is CC(C)(C)OC(O)N1CC=C(c2ccc3c(N)ncnn23)C1. The minimum Gasteiger partial charge on any atom is -0.382 e. The quantitative estimate of drug-likeness (QED) is 0.826. The van der Waals surface area contributed by atoms with E-state index >= 15 is 0 Å². The van der Waals surface area contributed by atoms with Crippen molar-refractivity contribution in [3.05, 3.63) is 30.2 Å². The third-order valence-corrected chi connectivity index (χ3v) is 3.53. The Labute approximate surface area is 129 Å². The van der Waals surface area contributed by atoms with Crippen LogP contribution in [0.25, 0.3) is 11.1 Å². The van der Waals surface area contributed by atoms with Crippen LogP contribution in [-0.4, -0.2) is 49.7 Å². The van der Waals surface area contributed by atoms with Crippen LogP contribution in [0.3, 0.4) is 0 Å². The molecule has 7 heteroatoms. The van der Waals surface area contributed by atoms with E-state index in [9.17, 15) is 5.11 Å². The van der Waals surface area contributed by atoms with Gasteiger partial charge in [0.1, 0.15) is 11.8 Å². The van der Waals surface area contributed by atoms with E-state index in [0.717, 1.165) is 16.8 Å². The number of aliphatic hydroxyl groups is 1. The molecule has 3 rings (SSSR count). The second-order valence-corrected chi connectivity index (χ2v) is 6.38. The van der Waals surface area contributed by atoms with Gasteiger partial charge >= 0.3 is 0 Å². The number of nitrogens with zero attached hydrogens (tertiary/aromatic N) is 4. The number of nitrogens with two attached hydrogens (primary N) is 1. The number of anilines is 1. The fourth-order valence-electron chi connectivity index (χ4n) is 2.52. The van der Waals surface area contributed by atoms with Crippen molar-refractivity contribution in [1.29, 1.82) is 0 Å². The van der Waals surface area contributed by atoms with Crippen molar-refractivity contribution in [2.75, 3.05) is 18.8 Å². The third-order valence-electron chi connectivity index (χ3n) is 3.53. The van der Waals surface area contributed by atoms with Crippen molar-refractivity contribution < 1.29 is 9.84 Å². The maximum Gasteiger partial charge on any atom is 0.217 e. The Morgan fingerprint density at radius 1 is 1.36 bits per heavy atom. The highest BCUT2D eigenvalue weighted by Gasteiger charge is 2.27. The maximum atomic E-state index is 10.2. The van der Waals surface area contributed by atoms with Crippen molar-refractivity contribution in [2.45, 2.75) is 32.8 Å². The molecule has 1 unspecified atom stereocenters. The molecule has 0 saturated heterocycles. The summed E-state index contributed by atoms with van der Waals surface area (Å²) in [6.07, 6.45) is 2.58. The summed E-state index contributed by atoms with van der Waals surface area (Å²) in [5.41, 5.74) is 8.27. The van der Waals surface area contributed by atoms with Crippen LogP contribution in [-0.2, 0) is 4.74 Å². The van der Waals surface area contributed by atoms with Gasteiger partial charge in [0.15, 0.2) is 5.82 Å². The average Bonchev–Trinajstić information content (AvgIpc) is 3.03. The summed E-state index contributed by atoms with van der Waals surface area (Å²) >= 11 is 0. The molecule has 22 heavy (non-hydrogen) atoms. The maximum absolute atomic E-state index is 10.2. The van der Waals surface area contributed by atoms with Crippen LogP contribution in [0.2, 0.25) is 0 Å². The molecule has 1 aliphatic rings. The van der Waals surface area contributed by atoms with Crippen LogP contribution < -0.4 is 5.73 Å². The first kappa shape index (κ1) is 15.0. The topological polar surface area (TPSA) is 88.9 Å². The van der Waals surface area contributed by atoms with Gasteiger partial charge in [-0.3, -0.25) is 0 Å². The van der Waals surface area contributed by atoms with Crippen molar-refractivity contribution in [2.24, 2.45) is 0 Å². The van der Waals surface area contributed by atoms with Gasteiger partial charge in [-0.1, -0.05) is 6.08 Å². The molecule has 2 aromatic rings. The van der Waals surface area contributed by atoms with Crippen LogP contribution in [0.5, 0.6) is 0 Å². The number of aliphatic hydroxyl groups excluding tert-OH is 1. The molecule has 0 bridgehead atoms. The summed E-state index contributed by atoms with van der Waals surface area (Å²) in [5.74, 6) is 0.452. The van der Waals surface area contributed by atoms with E-state index in [-0.39, 0.29) is 0 Å². The molecule has 0 radical (unpaired) electrons. The molecule has 0 fully saturated rings. The zero-order valence-electron chi connectivity index (χ0n) is 13.0. The standard InChI is InChI=1S/C15H21N5O2/c1-15(2,3)22-14(21)19-7-6-10(8-19)11-4-5-12-13(16)17-9-18-20(11)12/h4-6,9,14,21H,7-8H2,1-3H3,(H2,16,17,18). The van der Waals surface area contributed by atoms with Gasteiger partial charge < -0.3 is 15.6 Å². The van der Waals surface area contributed by atoms with Crippen molar-refractivity contribution in [3.63, 3.8) is 0 Å². The first-order valence-electron chi connectivity index (χ1n) is 7.23. The van der Waals surface area contributed by atoms with Gasteiger partial charge in [-0.15, -0.1) is 0 Å². The highest BCUT2D eigenvalue weighted by atomic mass is 16.6. The lowest BCUT2D eigenvalue weighted by molar-refractivity contribution is -0.232. The Kier molecular flexibility index (Phi) is 3.64. The molecule has 3 N–H and O–H groups in total. The Balaban J connectivity index is 1.78. The van der Waals surface area contributed by atoms with Gasteiger partial charge in [0.2, 0.25) is 6.41 Å². The lowest BCUT2D eigenvalue weighted by Crippen LogP contribution is -2.40. The second kappa shape index (κ2) is 5.35. The zero-order chi connectivity index (χ0) is 15.9. The highest BCUT2D eigenvalue weighted by molar-refractivity contribution is 5.74. The summed E-state index contributed by atoms with van der Waals surface area (Å²) in [6, 6.07) is 3.86. The predicted octanol–water partition coefficient (Wildman–Crippen LogP) is 1.10. The number of fused-ring (bicyclic) bond motifs is 1. The number of hydrogen-bond donors (Lipinski definition) is 2. The van der Waals surface area contributed by atoms with E-state index in [1.807, 2.05) is 37.8 Å². The lowest BCUT2D eigenvalue weighted by Gasteiger charge is -2.29. The predicted molar refractivity (Wildman–Crippen MR) is 83.8 cm³/mol. The van der Waals surface area contributed by atoms with Gasteiger partial charge in [-0.2, -0.15) is 5.10 Å². The zero-order valence-corrected chi connectivity index (χ0v) is 13.0. The smallest absolute Gasteiger partial charge is 0.217 e. The molecular formula is C15H21N5O2. The second-order valence-electron chi connectivity index (χ2n) is 6.38. The first-order chi connectivity index (χ1) is 10.3. The van der Waals surface area contributed by atoms with Gasteiger partial charge in [0.25, 0.3) is 0 Å². The molecule has 118 valence electrons. The molecule has 0 aliphatic carbocycles. The summed E-state index contributed by atoms with van der Waals surface area (Å²) in [6.45, 7) is 6.97. The fraction of sp³-hybridized carbons (Fsp3) is 0.467. The van der Waals surface area contributed by atoms with Gasteiger partial charge in [0, 0.05) is 13.1 Å². The Bertz CT molecular complexity index is 716. The van der Waals surface area contributed by atoms with E-state index in [0.29, 0.717) is 18.9 Å². The van der Waals surface area contributed by atoms with Crippen molar-refractivity contribution in [3.8, 4) is 0 Å². The van der Waals surface area contributed by atoms with E-state index in [1.165, 1.54) is 6.33 Å². The Hall–Kier alpha value is -1.96. The third kappa shape index (κ3) is 2.83. The average molecular weight is 303 g/mol. The Morgan fingerprint density at radius 2 is 2.14 bits per heavy atom. The van der Waals surface area contributed by atoms with Crippen LogP contribution in [0, 0.1) is 0 Å². The summed E-state index contributed by atoms with van der Waals surface area (Å²) in [4.78, 5) is 5.84. The molecule has 7 nitrogen and oxygen atoms in total. The van der Waals surface area contributed by atoms with E-state index in [2.05, 4.69) is 16.2 Å². The Morgan fingerprint density at radius 3 is 2.86 bits per heavy atom. The molecule has 0 spiro atoms. The minimum atomic E-state index is -0.931. The normalized spacial score (nSPS) is 17.9. The molecular weight excluding hydrogens is 282 g/mol. The van der Waals surface area contributed by atoms with Crippen molar-refractivity contribution in [1.82, 2.24) is 19.5 Å². The highest BCUT2D eigenvalue weighted by Crippen LogP contribution is 2.26. The summed E-state index contributed by atoms with van der Waals surface area (Å²) < 4.78 is 7.36. The lowest BCUT2D eigenvalue weighted by atomic mass is 10.2. The molecule has 2 aromatic heterocycles. The molecule has 0 aromatic carbocycles. The van der Waals surface area contributed by atoms with E-state index in [1.54, 1.807) is 4.52 Å². The van der Waals surface area contributed by atoms with Crippen LogP contribution in [0.4, 0.5) is 5.82 Å². The number of hydrogen-bond acceptors (Lipinski definition) is 6. The van der Waals surface area contributed by atoms with Gasteiger partial charge in [0.05, 0.1) is 11.3 Å². The number of nitrogen functional groups attached to an aromatic ring is 1. The fourth-order valence-corrected chi connectivity index (χ4v) is 2.52. The summed E-state index contributed by atoms with van der Waals surface area (Å²) in [5, 5.41) is 14.4. The van der Waals surface area contributed by atoms with Crippen LogP contribution in [0.1, 0.15) is 26.5 Å². The minimum absolute atomic E-state index is 0.397. The van der Waals surface area contributed by atoms with Crippen molar-refractivity contribution >= 4 is 16.9 Å². The molecule has 0 saturated carbocycles. The number of aromatic nitrogens is 3. The number of rotatable bonds is 3. The largest absolute Gasteiger partial charge is 0.382 e. The number of ether oxygens (including phenoxy) is 1. The molecule has 1 aliphatic heterocycles.